The molecule has 17 heavy (non-hydrogen) atoms. The van der Waals surface area contributed by atoms with Crippen LogP contribution in [0.2, 0.25) is 0 Å². The van der Waals surface area contributed by atoms with Crippen LogP contribution in [0.1, 0.15) is 38.4 Å². The molecule has 2 unspecified atom stereocenters. The van der Waals surface area contributed by atoms with E-state index in [1.54, 1.807) is 0 Å². The molecule has 0 bridgehead atoms. The van der Waals surface area contributed by atoms with Gasteiger partial charge in [-0.2, -0.15) is 16.9 Å². The smallest absolute Gasteiger partial charge is 0.0640 e. The molecule has 0 aliphatic rings. The molecule has 0 saturated heterocycles. The molecule has 1 aromatic rings. The molecule has 98 valence electrons. The standard InChI is InChI=1S/C13H25N3S/c1-5-11(2)16-8-6-13(15-16)10-12(14-3)7-9-17-4/h6,8,11-12,14H,5,7,9-10H2,1-4H3. The summed E-state index contributed by atoms with van der Waals surface area (Å²) in [6.07, 6.45) is 7.62. The molecule has 1 N–H and O–H groups in total. The average Bonchev–Trinajstić information content (AvgIpc) is 2.81. The number of nitrogens with zero attached hydrogens (tertiary/aromatic N) is 2. The first-order valence-electron chi connectivity index (χ1n) is 6.41. The van der Waals surface area contributed by atoms with Crippen LogP contribution < -0.4 is 5.32 Å². The maximum absolute atomic E-state index is 4.65. The number of nitrogens with one attached hydrogen (secondary N) is 1. The Kier molecular flexibility index (Phi) is 6.66. The van der Waals surface area contributed by atoms with Crippen LogP contribution in [-0.2, 0) is 6.42 Å². The van der Waals surface area contributed by atoms with Crippen molar-refractivity contribution < 1.29 is 0 Å². The van der Waals surface area contributed by atoms with Gasteiger partial charge in [0, 0.05) is 24.7 Å². The lowest BCUT2D eigenvalue weighted by molar-refractivity contribution is 0.466. The fraction of sp³-hybridized carbons (Fsp3) is 0.769. The highest BCUT2D eigenvalue weighted by Crippen LogP contribution is 2.11. The van der Waals surface area contributed by atoms with Crippen LogP contribution in [0, 0.1) is 0 Å². The third-order valence-electron chi connectivity index (χ3n) is 3.24. The SMILES string of the molecule is CCC(C)n1ccc(CC(CCSC)NC)n1. The number of aromatic nitrogens is 2. The van der Waals surface area contributed by atoms with Crippen molar-refractivity contribution in [3.8, 4) is 0 Å². The predicted molar refractivity (Wildman–Crippen MR) is 76.8 cm³/mol. The largest absolute Gasteiger partial charge is 0.317 e. The Morgan fingerprint density at radius 3 is 2.88 bits per heavy atom. The molecule has 3 nitrogen and oxygen atoms in total. The van der Waals surface area contributed by atoms with Crippen LogP contribution in [0.3, 0.4) is 0 Å². The Morgan fingerprint density at radius 1 is 1.53 bits per heavy atom. The molecule has 0 fully saturated rings. The van der Waals surface area contributed by atoms with Crippen LogP contribution in [0.5, 0.6) is 0 Å². The third-order valence-corrected chi connectivity index (χ3v) is 3.88. The first-order chi connectivity index (χ1) is 8.21. The molecule has 4 heteroatoms. The van der Waals surface area contributed by atoms with Crippen molar-refractivity contribution in [1.29, 1.82) is 0 Å². The van der Waals surface area contributed by atoms with Crippen LogP contribution >= 0.6 is 11.8 Å². The van der Waals surface area contributed by atoms with E-state index in [0.29, 0.717) is 12.1 Å². The number of thioether (sulfide) groups is 1. The molecule has 0 aliphatic heterocycles. The highest BCUT2D eigenvalue weighted by atomic mass is 32.2. The van der Waals surface area contributed by atoms with Gasteiger partial charge in [-0.3, -0.25) is 4.68 Å². The summed E-state index contributed by atoms with van der Waals surface area (Å²) < 4.78 is 2.08. The van der Waals surface area contributed by atoms with Gasteiger partial charge in [-0.15, -0.1) is 0 Å². The summed E-state index contributed by atoms with van der Waals surface area (Å²) in [7, 11) is 2.04. The second-order valence-electron chi connectivity index (χ2n) is 4.52. The zero-order chi connectivity index (χ0) is 12.7. The van der Waals surface area contributed by atoms with Crippen molar-refractivity contribution in [3.63, 3.8) is 0 Å². The molecule has 0 aliphatic carbocycles. The minimum atomic E-state index is 0.503. The molecule has 1 aromatic heterocycles. The van der Waals surface area contributed by atoms with Gasteiger partial charge in [0.15, 0.2) is 0 Å². The summed E-state index contributed by atoms with van der Waals surface area (Å²) in [5.74, 6) is 1.21. The highest BCUT2D eigenvalue weighted by molar-refractivity contribution is 7.98. The van der Waals surface area contributed by atoms with E-state index in [0.717, 1.165) is 12.8 Å². The Balaban J connectivity index is 2.52. The van der Waals surface area contributed by atoms with Crippen LogP contribution in [0.15, 0.2) is 12.3 Å². The van der Waals surface area contributed by atoms with Gasteiger partial charge in [-0.1, -0.05) is 6.92 Å². The van der Waals surface area contributed by atoms with Crippen LogP contribution in [0.4, 0.5) is 0 Å². The molecule has 0 amide bonds. The lowest BCUT2D eigenvalue weighted by atomic mass is 10.1. The second kappa shape index (κ2) is 7.77. The zero-order valence-corrected chi connectivity index (χ0v) is 12.3. The molecule has 1 heterocycles. The van der Waals surface area contributed by atoms with Gasteiger partial charge in [0.1, 0.15) is 0 Å². The predicted octanol–water partition coefficient (Wildman–Crippen LogP) is 2.74. The van der Waals surface area contributed by atoms with Gasteiger partial charge in [0.05, 0.1) is 5.69 Å². The first kappa shape index (κ1) is 14.6. The lowest BCUT2D eigenvalue weighted by Crippen LogP contribution is -2.28. The van der Waals surface area contributed by atoms with Crippen molar-refractivity contribution in [2.45, 2.75) is 45.2 Å². The minimum Gasteiger partial charge on any atom is -0.317 e. The van der Waals surface area contributed by atoms with E-state index >= 15 is 0 Å². The van der Waals surface area contributed by atoms with Gasteiger partial charge in [0.2, 0.25) is 0 Å². The Labute approximate surface area is 109 Å². The molecular weight excluding hydrogens is 230 g/mol. The van der Waals surface area contributed by atoms with Gasteiger partial charge in [0.25, 0.3) is 0 Å². The zero-order valence-electron chi connectivity index (χ0n) is 11.4. The van der Waals surface area contributed by atoms with Gasteiger partial charge < -0.3 is 5.32 Å². The van der Waals surface area contributed by atoms with Crippen molar-refractivity contribution >= 4 is 11.8 Å². The molecular formula is C13H25N3S. The molecule has 0 aromatic carbocycles. The Hall–Kier alpha value is -0.480. The maximum atomic E-state index is 4.65. The van der Waals surface area contributed by atoms with E-state index in [1.165, 1.54) is 17.9 Å². The normalized spacial score (nSPS) is 14.8. The summed E-state index contributed by atoms with van der Waals surface area (Å²) in [6, 6.07) is 3.20. The van der Waals surface area contributed by atoms with E-state index < -0.39 is 0 Å². The highest BCUT2D eigenvalue weighted by Gasteiger charge is 2.10. The third kappa shape index (κ3) is 4.72. The van der Waals surface area contributed by atoms with Crippen molar-refractivity contribution in [2.75, 3.05) is 19.1 Å². The van der Waals surface area contributed by atoms with Crippen LogP contribution in [0.25, 0.3) is 0 Å². The topological polar surface area (TPSA) is 29.9 Å². The summed E-state index contributed by atoms with van der Waals surface area (Å²) in [4.78, 5) is 0. The summed E-state index contributed by atoms with van der Waals surface area (Å²) in [5, 5.41) is 8.02. The van der Waals surface area contributed by atoms with Gasteiger partial charge in [-0.05, 0) is 44.9 Å². The monoisotopic (exact) mass is 255 g/mol. The van der Waals surface area contributed by atoms with Crippen molar-refractivity contribution in [3.05, 3.63) is 18.0 Å². The van der Waals surface area contributed by atoms with Crippen molar-refractivity contribution in [1.82, 2.24) is 15.1 Å². The van der Waals surface area contributed by atoms with Gasteiger partial charge in [-0.25, -0.2) is 0 Å². The second-order valence-corrected chi connectivity index (χ2v) is 5.50. The van der Waals surface area contributed by atoms with E-state index in [4.69, 9.17) is 0 Å². The van der Waals surface area contributed by atoms with E-state index in [-0.39, 0.29) is 0 Å². The number of hydrogen-bond acceptors (Lipinski definition) is 3. The fourth-order valence-electron chi connectivity index (χ4n) is 1.78. The Bertz CT molecular complexity index is 311. The van der Waals surface area contributed by atoms with Crippen molar-refractivity contribution in [2.24, 2.45) is 0 Å². The average molecular weight is 255 g/mol. The van der Waals surface area contributed by atoms with Gasteiger partial charge >= 0.3 is 0 Å². The number of rotatable bonds is 8. The molecule has 2 atom stereocenters. The van der Waals surface area contributed by atoms with E-state index in [1.807, 2.05) is 18.8 Å². The Morgan fingerprint density at radius 2 is 2.29 bits per heavy atom. The summed E-state index contributed by atoms with van der Waals surface area (Å²) >= 11 is 1.90. The van der Waals surface area contributed by atoms with E-state index in [2.05, 4.69) is 47.5 Å². The minimum absolute atomic E-state index is 0.503. The number of likely N-dealkylation sites (N-methyl/N-ethyl adjacent to an activating group) is 1. The maximum Gasteiger partial charge on any atom is 0.0640 e. The quantitative estimate of drug-likeness (QED) is 0.774. The lowest BCUT2D eigenvalue weighted by Gasteiger charge is -2.14. The molecule has 0 radical (unpaired) electrons. The summed E-state index contributed by atoms with van der Waals surface area (Å²) in [5.41, 5.74) is 1.20. The van der Waals surface area contributed by atoms with E-state index in [9.17, 15) is 0 Å². The van der Waals surface area contributed by atoms with Crippen LogP contribution in [-0.4, -0.2) is 34.9 Å². The molecule has 1 rings (SSSR count). The summed E-state index contributed by atoms with van der Waals surface area (Å²) in [6.45, 7) is 4.40. The fourth-order valence-corrected chi connectivity index (χ4v) is 2.30. The molecule has 0 saturated carbocycles. The molecule has 0 spiro atoms. The number of hydrogen-bond donors (Lipinski definition) is 1. The first-order valence-corrected chi connectivity index (χ1v) is 7.80.